The van der Waals surface area contributed by atoms with Crippen molar-refractivity contribution >= 4 is 5.84 Å². The molecule has 104 valence electrons. The summed E-state index contributed by atoms with van der Waals surface area (Å²) in [6.45, 7) is 1.15. The van der Waals surface area contributed by atoms with Gasteiger partial charge in [-0.15, -0.1) is 0 Å². The van der Waals surface area contributed by atoms with E-state index in [2.05, 4.69) is 4.98 Å². The molecule has 2 aromatic rings. The Morgan fingerprint density at radius 3 is 2.60 bits per heavy atom. The summed E-state index contributed by atoms with van der Waals surface area (Å²) in [5.41, 5.74) is 7.17. The van der Waals surface area contributed by atoms with E-state index in [4.69, 9.17) is 11.1 Å². The number of pyridine rings is 1. The summed E-state index contributed by atoms with van der Waals surface area (Å²) in [5.74, 6) is -0.664. The summed E-state index contributed by atoms with van der Waals surface area (Å²) in [6, 6.07) is 8.81. The van der Waals surface area contributed by atoms with Crippen molar-refractivity contribution in [3.8, 4) is 0 Å². The Hall–Kier alpha value is -2.27. The van der Waals surface area contributed by atoms with Crippen molar-refractivity contribution in [2.75, 3.05) is 7.05 Å². The fourth-order valence-electron chi connectivity index (χ4n) is 2.06. The van der Waals surface area contributed by atoms with Crippen molar-refractivity contribution < 1.29 is 4.39 Å². The molecule has 0 aliphatic rings. The fourth-order valence-corrected chi connectivity index (χ4v) is 2.06. The maximum absolute atomic E-state index is 14.2. The van der Waals surface area contributed by atoms with Gasteiger partial charge >= 0.3 is 0 Å². The average Bonchev–Trinajstić information content (AvgIpc) is 2.42. The molecule has 0 fully saturated rings. The topological polar surface area (TPSA) is 66.0 Å². The van der Waals surface area contributed by atoms with Gasteiger partial charge in [0.25, 0.3) is 0 Å². The summed E-state index contributed by atoms with van der Waals surface area (Å²) in [7, 11) is 1.92. The van der Waals surface area contributed by atoms with Crippen LogP contribution in [0.4, 0.5) is 4.39 Å². The van der Waals surface area contributed by atoms with Gasteiger partial charge in [-0.05, 0) is 30.8 Å². The molecule has 4 nitrogen and oxygen atoms in total. The number of hydrogen-bond acceptors (Lipinski definition) is 3. The van der Waals surface area contributed by atoms with Gasteiger partial charge in [0.1, 0.15) is 11.7 Å². The maximum atomic E-state index is 14.2. The number of nitrogens with one attached hydrogen (secondary N) is 1. The summed E-state index contributed by atoms with van der Waals surface area (Å²) >= 11 is 0. The van der Waals surface area contributed by atoms with E-state index in [1.807, 2.05) is 24.1 Å². The monoisotopic (exact) mass is 272 g/mol. The molecule has 0 atom stereocenters. The summed E-state index contributed by atoms with van der Waals surface area (Å²) < 4.78 is 14.2. The molecule has 0 amide bonds. The Kier molecular flexibility index (Phi) is 4.42. The van der Waals surface area contributed by atoms with Gasteiger partial charge in [-0.25, -0.2) is 4.39 Å². The number of aromatic nitrogens is 1. The second-order valence-corrected chi connectivity index (χ2v) is 4.72. The molecule has 0 saturated heterocycles. The van der Waals surface area contributed by atoms with Crippen LogP contribution in [0.5, 0.6) is 0 Å². The molecule has 5 heteroatoms. The molecule has 1 heterocycles. The Morgan fingerprint density at radius 2 is 1.95 bits per heavy atom. The predicted octanol–water partition coefficient (Wildman–Crippen LogP) is 2.14. The lowest BCUT2D eigenvalue weighted by atomic mass is 10.1. The second kappa shape index (κ2) is 6.25. The number of benzene rings is 1. The van der Waals surface area contributed by atoms with Crippen molar-refractivity contribution in [2.45, 2.75) is 13.1 Å². The zero-order chi connectivity index (χ0) is 14.5. The van der Waals surface area contributed by atoms with Gasteiger partial charge in [-0.3, -0.25) is 15.3 Å². The largest absolute Gasteiger partial charge is 0.384 e. The molecule has 1 aromatic carbocycles. The number of nitrogen functional groups attached to an aromatic ring is 1. The van der Waals surface area contributed by atoms with E-state index >= 15 is 0 Å². The van der Waals surface area contributed by atoms with Crippen LogP contribution in [-0.2, 0) is 13.1 Å². The van der Waals surface area contributed by atoms with Gasteiger partial charge in [0, 0.05) is 31.0 Å². The lowest BCUT2D eigenvalue weighted by Gasteiger charge is -2.17. The molecule has 0 saturated carbocycles. The first-order valence-corrected chi connectivity index (χ1v) is 6.27. The number of rotatable bonds is 5. The van der Waals surface area contributed by atoms with Crippen LogP contribution in [0, 0.1) is 11.2 Å². The van der Waals surface area contributed by atoms with E-state index in [-0.39, 0.29) is 11.4 Å². The first kappa shape index (κ1) is 14.1. The lowest BCUT2D eigenvalue weighted by Crippen LogP contribution is -2.20. The van der Waals surface area contributed by atoms with E-state index in [0.29, 0.717) is 18.7 Å². The number of nitrogens with two attached hydrogens (primary N) is 1. The third kappa shape index (κ3) is 3.39. The van der Waals surface area contributed by atoms with Crippen molar-refractivity contribution in [3.63, 3.8) is 0 Å². The zero-order valence-electron chi connectivity index (χ0n) is 11.3. The Morgan fingerprint density at radius 1 is 1.25 bits per heavy atom. The minimum absolute atomic E-state index is 0.153. The highest BCUT2D eigenvalue weighted by atomic mass is 19.1. The van der Waals surface area contributed by atoms with E-state index in [9.17, 15) is 4.39 Å². The molecule has 0 aliphatic heterocycles. The number of nitrogens with zero attached hydrogens (tertiary/aromatic N) is 2. The lowest BCUT2D eigenvalue weighted by molar-refractivity contribution is 0.313. The van der Waals surface area contributed by atoms with E-state index in [1.165, 1.54) is 6.07 Å². The minimum Gasteiger partial charge on any atom is -0.384 e. The van der Waals surface area contributed by atoms with E-state index in [0.717, 1.165) is 5.56 Å². The first-order chi connectivity index (χ1) is 9.58. The van der Waals surface area contributed by atoms with Crippen LogP contribution < -0.4 is 5.73 Å². The molecule has 0 spiro atoms. The van der Waals surface area contributed by atoms with Crippen LogP contribution in [-0.4, -0.2) is 22.8 Å². The molecule has 3 N–H and O–H groups in total. The number of amidine groups is 1. The summed E-state index contributed by atoms with van der Waals surface area (Å²) in [6.07, 6.45) is 3.47. The molecule has 20 heavy (non-hydrogen) atoms. The average molecular weight is 272 g/mol. The van der Waals surface area contributed by atoms with Crippen LogP contribution in [0.15, 0.2) is 42.7 Å². The third-order valence-corrected chi connectivity index (χ3v) is 3.01. The molecule has 0 unspecified atom stereocenters. The maximum Gasteiger partial charge on any atom is 0.138 e. The van der Waals surface area contributed by atoms with Gasteiger partial charge < -0.3 is 5.73 Å². The fraction of sp³-hybridized carbons (Fsp3) is 0.200. The van der Waals surface area contributed by atoms with Gasteiger partial charge in [0.2, 0.25) is 0 Å². The first-order valence-electron chi connectivity index (χ1n) is 6.27. The number of halogens is 1. The minimum atomic E-state index is -0.415. The van der Waals surface area contributed by atoms with Gasteiger partial charge in [-0.2, -0.15) is 0 Å². The Bertz CT molecular complexity index is 598. The van der Waals surface area contributed by atoms with Crippen LogP contribution in [0.25, 0.3) is 0 Å². The van der Waals surface area contributed by atoms with Crippen LogP contribution >= 0.6 is 0 Å². The zero-order valence-corrected chi connectivity index (χ0v) is 11.3. The van der Waals surface area contributed by atoms with Gasteiger partial charge in [-0.1, -0.05) is 12.1 Å². The van der Waals surface area contributed by atoms with Crippen molar-refractivity contribution in [2.24, 2.45) is 5.73 Å². The van der Waals surface area contributed by atoms with Crippen molar-refractivity contribution in [1.82, 2.24) is 9.88 Å². The van der Waals surface area contributed by atoms with Gasteiger partial charge in [0.05, 0.1) is 5.56 Å². The molecule has 0 bridgehead atoms. The predicted molar refractivity (Wildman–Crippen MR) is 76.8 cm³/mol. The highest BCUT2D eigenvalue weighted by molar-refractivity contribution is 5.95. The Balaban J connectivity index is 2.10. The second-order valence-electron chi connectivity index (χ2n) is 4.72. The normalized spacial score (nSPS) is 10.8. The summed E-state index contributed by atoms with van der Waals surface area (Å²) in [4.78, 5) is 5.96. The highest BCUT2D eigenvalue weighted by Crippen LogP contribution is 2.15. The van der Waals surface area contributed by atoms with Crippen LogP contribution in [0.3, 0.4) is 0 Å². The van der Waals surface area contributed by atoms with Crippen LogP contribution in [0.1, 0.15) is 16.7 Å². The standard InChI is InChI=1S/C15H17FN4/c1-20(9-11-5-7-19-8-6-11)10-12-3-2-4-13(14(12)16)15(17)18/h2-8H,9-10H2,1H3,(H3,17,18). The summed E-state index contributed by atoms with van der Waals surface area (Å²) in [5, 5.41) is 7.35. The Labute approximate surface area is 117 Å². The quantitative estimate of drug-likeness (QED) is 0.647. The van der Waals surface area contributed by atoms with Crippen LogP contribution in [0.2, 0.25) is 0 Å². The van der Waals surface area contributed by atoms with Crippen molar-refractivity contribution in [1.29, 1.82) is 5.41 Å². The molecule has 0 radical (unpaired) electrons. The highest BCUT2D eigenvalue weighted by Gasteiger charge is 2.11. The number of hydrogen-bond donors (Lipinski definition) is 2. The van der Waals surface area contributed by atoms with Crippen molar-refractivity contribution in [3.05, 3.63) is 65.2 Å². The molecular weight excluding hydrogens is 255 g/mol. The molecule has 2 rings (SSSR count). The van der Waals surface area contributed by atoms with Gasteiger partial charge in [0.15, 0.2) is 0 Å². The SMILES string of the molecule is CN(Cc1ccncc1)Cc1cccc(C(=N)N)c1F. The molecular formula is C15H17FN4. The molecule has 1 aromatic heterocycles. The third-order valence-electron chi connectivity index (χ3n) is 3.01. The van der Waals surface area contributed by atoms with E-state index in [1.54, 1.807) is 24.5 Å². The smallest absolute Gasteiger partial charge is 0.138 e. The van der Waals surface area contributed by atoms with E-state index < -0.39 is 5.82 Å². The molecule has 0 aliphatic carbocycles.